The first-order valence-corrected chi connectivity index (χ1v) is 7.20. The van der Waals surface area contributed by atoms with Gasteiger partial charge in [-0.15, -0.1) is 11.3 Å². The second kappa shape index (κ2) is 6.47. The zero-order chi connectivity index (χ0) is 15.4. The minimum atomic E-state index is -1.31. The lowest BCUT2D eigenvalue weighted by molar-refractivity contribution is -0.849. The maximum Gasteiger partial charge on any atom is 0.279 e. The molecule has 1 heterocycles. The van der Waals surface area contributed by atoms with Gasteiger partial charge >= 0.3 is 0 Å². The zero-order valence-electron chi connectivity index (χ0n) is 11.7. The Balaban J connectivity index is 2.27. The van der Waals surface area contributed by atoms with E-state index in [1.54, 1.807) is 18.2 Å². The van der Waals surface area contributed by atoms with E-state index in [1.807, 2.05) is 20.2 Å². The molecule has 7 heteroatoms. The fourth-order valence-corrected chi connectivity index (χ4v) is 2.61. The van der Waals surface area contributed by atoms with Crippen LogP contribution < -0.4 is 15.3 Å². The van der Waals surface area contributed by atoms with Gasteiger partial charge in [0, 0.05) is 10.9 Å². The zero-order valence-corrected chi connectivity index (χ0v) is 12.5. The SMILES string of the molecule is C[NH+](C)CC(=O)Nc1ccccc1-c1nc(C(=O)[O-])cs1. The number of rotatable bonds is 5. The highest BCUT2D eigenvalue weighted by atomic mass is 32.1. The fraction of sp³-hybridized carbons (Fsp3) is 0.214. The molecule has 0 fully saturated rings. The van der Waals surface area contributed by atoms with Crippen molar-refractivity contribution in [3.05, 3.63) is 35.3 Å². The molecule has 110 valence electrons. The van der Waals surface area contributed by atoms with Gasteiger partial charge in [-0.3, -0.25) is 4.79 Å². The lowest BCUT2D eigenvalue weighted by Gasteiger charge is -2.11. The second-order valence-corrected chi connectivity index (χ2v) is 5.66. The molecule has 0 unspecified atom stereocenters. The highest BCUT2D eigenvalue weighted by Crippen LogP contribution is 2.30. The fourth-order valence-electron chi connectivity index (χ4n) is 1.79. The van der Waals surface area contributed by atoms with Crippen LogP contribution in [0.5, 0.6) is 0 Å². The number of carboxylic acid groups (broad SMARTS) is 1. The largest absolute Gasteiger partial charge is 0.543 e. The molecule has 0 aliphatic heterocycles. The van der Waals surface area contributed by atoms with Crippen LogP contribution in [0.1, 0.15) is 10.5 Å². The Hall–Kier alpha value is -2.25. The van der Waals surface area contributed by atoms with Crippen LogP contribution in [-0.4, -0.2) is 37.5 Å². The van der Waals surface area contributed by atoms with Gasteiger partial charge in [0.1, 0.15) is 5.01 Å². The van der Waals surface area contributed by atoms with Crippen LogP contribution in [0.4, 0.5) is 5.69 Å². The van der Waals surface area contributed by atoms with Crippen LogP contribution >= 0.6 is 11.3 Å². The average Bonchev–Trinajstić information content (AvgIpc) is 2.88. The summed E-state index contributed by atoms with van der Waals surface area (Å²) in [6, 6.07) is 7.16. The van der Waals surface area contributed by atoms with Crippen molar-refractivity contribution in [1.29, 1.82) is 0 Å². The third kappa shape index (κ3) is 3.87. The molecular weight excluding hydrogens is 290 g/mol. The Kier molecular flexibility index (Phi) is 4.66. The topological polar surface area (TPSA) is 86.6 Å². The minimum Gasteiger partial charge on any atom is -0.543 e. The Morgan fingerprint density at radius 2 is 2.05 bits per heavy atom. The second-order valence-electron chi connectivity index (χ2n) is 4.80. The van der Waals surface area contributed by atoms with E-state index < -0.39 is 5.97 Å². The van der Waals surface area contributed by atoms with E-state index in [1.165, 1.54) is 16.7 Å². The van der Waals surface area contributed by atoms with E-state index in [0.717, 1.165) is 4.90 Å². The molecule has 0 bridgehead atoms. The van der Waals surface area contributed by atoms with E-state index in [2.05, 4.69) is 10.3 Å². The molecule has 0 atom stereocenters. The quantitative estimate of drug-likeness (QED) is 0.761. The summed E-state index contributed by atoms with van der Waals surface area (Å²) in [5.41, 5.74) is 1.20. The predicted molar refractivity (Wildman–Crippen MR) is 78.2 cm³/mol. The first-order valence-electron chi connectivity index (χ1n) is 6.32. The summed E-state index contributed by atoms with van der Waals surface area (Å²) in [6.45, 7) is 0.344. The molecule has 0 spiro atoms. The molecule has 0 saturated heterocycles. The van der Waals surface area contributed by atoms with Gasteiger partial charge in [-0.1, -0.05) is 12.1 Å². The maximum absolute atomic E-state index is 11.9. The van der Waals surface area contributed by atoms with E-state index in [-0.39, 0.29) is 11.6 Å². The van der Waals surface area contributed by atoms with Crippen molar-refractivity contribution >= 4 is 28.9 Å². The number of likely N-dealkylation sites (N-methyl/N-ethyl adjacent to an activating group) is 1. The van der Waals surface area contributed by atoms with Crippen molar-refractivity contribution in [2.75, 3.05) is 26.0 Å². The molecule has 0 radical (unpaired) electrons. The average molecular weight is 305 g/mol. The highest BCUT2D eigenvalue weighted by Gasteiger charge is 2.13. The molecule has 2 N–H and O–H groups in total. The Labute approximate surface area is 126 Å². The number of benzene rings is 1. The normalized spacial score (nSPS) is 10.6. The van der Waals surface area contributed by atoms with Gasteiger partial charge in [0.2, 0.25) is 0 Å². The van der Waals surface area contributed by atoms with E-state index >= 15 is 0 Å². The van der Waals surface area contributed by atoms with E-state index in [4.69, 9.17) is 0 Å². The van der Waals surface area contributed by atoms with Gasteiger partial charge < -0.3 is 20.1 Å². The van der Waals surface area contributed by atoms with Crippen LogP contribution in [-0.2, 0) is 4.79 Å². The van der Waals surface area contributed by atoms with Gasteiger partial charge in [0.05, 0.1) is 31.4 Å². The summed E-state index contributed by atoms with van der Waals surface area (Å²) >= 11 is 1.20. The van der Waals surface area contributed by atoms with Crippen molar-refractivity contribution in [1.82, 2.24) is 4.98 Å². The number of thiazole rings is 1. The van der Waals surface area contributed by atoms with Crippen molar-refractivity contribution in [3.8, 4) is 10.6 Å². The highest BCUT2D eigenvalue weighted by molar-refractivity contribution is 7.13. The predicted octanol–water partition coefficient (Wildman–Crippen LogP) is -0.743. The molecule has 0 aliphatic rings. The first-order chi connectivity index (χ1) is 9.97. The third-order valence-corrected chi connectivity index (χ3v) is 3.53. The number of aromatic nitrogens is 1. The summed E-state index contributed by atoms with van der Waals surface area (Å²) in [6.07, 6.45) is 0. The van der Waals surface area contributed by atoms with Crippen molar-refractivity contribution < 1.29 is 19.6 Å². The van der Waals surface area contributed by atoms with Gasteiger partial charge in [-0.2, -0.15) is 0 Å². The van der Waals surface area contributed by atoms with Gasteiger partial charge in [-0.05, 0) is 12.1 Å². The Bertz CT molecular complexity index is 667. The number of anilines is 1. The maximum atomic E-state index is 11.9. The lowest BCUT2D eigenvalue weighted by atomic mass is 10.2. The first kappa shape index (κ1) is 15.1. The molecule has 21 heavy (non-hydrogen) atoms. The number of amides is 1. The number of aromatic carboxylic acids is 1. The molecule has 6 nitrogen and oxygen atoms in total. The van der Waals surface area contributed by atoms with Gasteiger partial charge in [-0.25, -0.2) is 4.98 Å². The number of nitrogens with zero attached hydrogens (tertiary/aromatic N) is 1. The third-order valence-electron chi connectivity index (χ3n) is 2.66. The Morgan fingerprint density at radius 1 is 1.33 bits per heavy atom. The van der Waals surface area contributed by atoms with Gasteiger partial charge in [0.25, 0.3) is 5.91 Å². The summed E-state index contributed by atoms with van der Waals surface area (Å²) in [5.74, 6) is -1.42. The molecule has 1 aromatic carbocycles. The summed E-state index contributed by atoms with van der Waals surface area (Å²) in [5, 5.41) is 15.6. The van der Waals surface area contributed by atoms with Crippen LogP contribution in [0, 0.1) is 0 Å². The number of carbonyl (C=O) groups excluding carboxylic acids is 2. The number of carbonyl (C=O) groups is 2. The molecule has 0 saturated carbocycles. The number of quaternary nitrogens is 1. The molecule has 1 amide bonds. The minimum absolute atomic E-state index is 0.103. The van der Waals surface area contributed by atoms with Crippen molar-refractivity contribution in [3.63, 3.8) is 0 Å². The monoisotopic (exact) mass is 305 g/mol. The van der Waals surface area contributed by atoms with Crippen molar-refractivity contribution in [2.24, 2.45) is 0 Å². The molecule has 2 rings (SSSR count). The number of hydrogen-bond donors (Lipinski definition) is 2. The van der Waals surface area contributed by atoms with E-state index in [0.29, 0.717) is 22.8 Å². The molecule has 1 aromatic heterocycles. The standard InChI is InChI=1S/C14H15N3O3S/c1-17(2)7-12(18)15-10-6-4-3-5-9(10)13-16-11(8-21-13)14(19)20/h3-6,8H,7H2,1-2H3,(H,15,18)(H,19,20). The number of para-hydroxylation sites is 1. The number of nitrogens with one attached hydrogen (secondary N) is 2. The summed E-state index contributed by atoms with van der Waals surface area (Å²) < 4.78 is 0. The lowest BCUT2D eigenvalue weighted by Crippen LogP contribution is -3.06. The van der Waals surface area contributed by atoms with Crippen LogP contribution in [0.25, 0.3) is 10.6 Å². The van der Waals surface area contributed by atoms with Crippen molar-refractivity contribution in [2.45, 2.75) is 0 Å². The smallest absolute Gasteiger partial charge is 0.279 e. The summed E-state index contributed by atoms with van der Waals surface area (Å²) in [4.78, 5) is 27.7. The number of hydrogen-bond acceptors (Lipinski definition) is 5. The van der Waals surface area contributed by atoms with E-state index in [9.17, 15) is 14.7 Å². The number of carboxylic acids is 1. The van der Waals surface area contributed by atoms with Gasteiger partial charge in [0.15, 0.2) is 6.54 Å². The molecule has 0 aliphatic carbocycles. The van der Waals surface area contributed by atoms with Crippen LogP contribution in [0.15, 0.2) is 29.6 Å². The molecular formula is C14H15N3O3S. The molecule has 2 aromatic rings. The summed E-state index contributed by atoms with van der Waals surface area (Å²) in [7, 11) is 3.77. The van der Waals surface area contributed by atoms with Crippen LogP contribution in [0.3, 0.4) is 0 Å². The Morgan fingerprint density at radius 3 is 2.67 bits per heavy atom. The van der Waals surface area contributed by atoms with Crippen LogP contribution in [0.2, 0.25) is 0 Å².